The molecule has 1 N–H and O–H groups in total. The van der Waals surface area contributed by atoms with E-state index >= 15 is 0 Å². The Balaban J connectivity index is 3.77. The van der Waals surface area contributed by atoms with Crippen molar-refractivity contribution < 1.29 is 35.3 Å². The van der Waals surface area contributed by atoms with Crippen LogP contribution in [0.4, 0.5) is 17.6 Å². The SMILES string of the molecule is [B]=COc1c(F)c(F)c(S(=O)(=O)O)c(F)c1F. The normalized spacial score (nSPS) is 11.3. The molecule has 0 aromatic heterocycles. The minimum absolute atomic E-state index is 0.230. The van der Waals surface area contributed by atoms with Gasteiger partial charge in [0.15, 0.2) is 0 Å². The fourth-order valence-corrected chi connectivity index (χ4v) is 1.62. The van der Waals surface area contributed by atoms with Gasteiger partial charge in [0.1, 0.15) is 0 Å². The van der Waals surface area contributed by atoms with Gasteiger partial charge in [-0.15, -0.1) is 0 Å². The molecule has 0 saturated heterocycles. The quantitative estimate of drug-likeness (QED) is 0.381. The Morgan fingerprint density at radius 1 is 1.06 bits per heavy atom. The summed E-state index contributed by atoms with van der Waals surface area (Å²) >= 11 is 0. The van der Waals surface area contributed by atoms with Crippen LogP contribution in [0.15, 0.2) is 4.90 Å². The van der Waals surface area contributed by atoms with Gasteiger partial charge in [0.2, 0.25) is 0 Å². The third kappa shape index (κ3) is 2.32. The summed E-state index contributed by atoms with van der Waals surface area (Å²) < 4.78 is 85.6. The summed E-state index contributed by atoms with van der Waals surface area (Å²) in [5.41, 5.74) is 0. The van der Waals surface area contributed by atoms with Crippen LogP contribution in [0.2, 0.25) is 0 Å². The maximum atomic E-state index is 13.1. The van der Waals surface area contributed by atoms with E-state index in [-0.39, 0.29) is 6.15 Å². The van der Waals surface area contributed by atoms with E-state index in [0.717, 1.165) is 0 Å². The van der Waals surface area contributed by atoms with Gasteiger partial charge in [-0.25, -0.2) is 0 Å². The van der Waals surface area contributed by atoms with Crippen molar-refractivity contribution in [3.63, 3.8) is 0 Å². The number of halogens is 4. The van der Waals surface area contributed by atoms with E-state index in [2.05, 4.69) is 12.2 Å². The molecular formula is C7H2BF4O4S. The molecule has 0 spiro atoms. The first kappa shape index (κ1) is 13.6. The molecule has 0 unspecified atom stereocenters. The Labute approximate surface area is 93.6 Å². The van der Waals surface area contributed by atoms with Crippen molar-refractivity contribution in [3.8, 4) is 5.75 Å². The number of hydrogen-bond donors (Lipinski definition) is 1. The third-order valence-electron chi connectivity index (χ3n) is 1.63. The standard InChI is InChI=1S/C7H2BF4O4S/c8-1-16-6-2(9)4(11)7(17(13,14)15)5(12)3(6)10/h1H,(H,13,14,15). The van der Waals surface area contributed by atoms with Gasteiger partial charge in [0.05, 0.1) is 0 Å². The summed E-state index contributed by atoms with van der Waals surface area (Å²) in [6, 6.07) is 0. The van der Waals surface area contributed by atoms with Crippen LogP contribution in [0.5, 0.6) is 5.75 Å². The first-order chi connectivity index (χ1) is 7.71. The molecule has 1 aromatic carbocycles. The Hall–Kier alpha value is -1.42. The molecule has 0 aliphatic heterocycles. The van der Waals surface area contributed by atoms with Crippen LogP contribution in [-0.4, -0.2) is 26.6 Å². The van der Waals surface area contributed by atoms with Crippen molar-refractivity contribution >= 4 is 23.8 Å². The second kappa shape index (κ2) is 4.45. The van der Waals surface area contributed by atoms with Crippen LogP contribution in [-0.2, 0) is 10.1 Å². The zero-order valence-electron chi connectivity index (χ0n) is 7.75. The minimum atomic E-state index is -5.47. The maximum absolute atomic E-state index is 13.1. The number of rotatable bonds is 3. The Bertz CT molecular complexity index is 557. The fraction of sp³-hybridized carbons (Fsp3) is 0. The van der Waals surface area contributed by atoms with Gasteiger partial charge in [0, 0.05) is 0 Å². The summed E-state index contributed by atoms with van der Waals surface area (Å²) in [6.45, 7) is 0. The molecule has 91 valence electrons. The first-order valence-electron chi connectivity index (χ1n) is 3.75. The zero-order valence-corrected chi connectivity index (χ0v) is 8.56. The van der Waals surface area contributed by atoms with Gasteiger partial charge >= 0.3 is 92.9 Å². The number of hydrogen-bond acceptors (Lipinski definition) is 3. The van der Waals surface area contributed by atoms with Crippen LogP contribution >= 0.6 is 0 Å². The molecule has 1 aromatic rings. The molecule has 1 radical (unpaired) electrons. The van der Waals surface area contributed by atoms with Gasteiger partial charge < -0.3 is 0 Å². The van der Waals surface area contributed by atoms with E-state index in [4.69, 9.17) is 4.55 Å². The summed E-state index contributed by atoms with van der Waals surface area (Å²) in [5.74, 6) is -10.5. The Kier molecular flexibility index (Phi) is 3.58. The Morgan fingerprint density at radius 2 is 1.47 bits per heavy atom. The van der Waals surface area contributed by atoms with E-state index < -0.39 is 44.0 Å². The molecule has 0 aliphatic carbocycles. The molecule has 0 bridgehead atoms. The molecule has 0 saturated carbocycles. The summed E-state index contributed by atoms with van der Waals surface area (Å²) in [5, 5.41) is 0. The van der Waals surface area contributed by atoms with Crippen LogP contribution in [0.25, 0.3) is 0 Å². The van der Waals surface area contributed by atoms with E-state index in [0.29, 0.717) is 0 Å². The van der Waals surface area contributed by atoms with Crippen LogP contribution in [0.1, 0.15) is 0 Å². The molecule has 1 rings (SSSR count). The predicted molar refractivity (Wildman–Crippen MR) is 48.5 cm³/mol. The van der Waals surface area contributed by atoms with Crippen LogP contribution < -0.4 is 4.74 Å². The van der Waals surface area contributed by atoms with Crippen molar-refractivity contribution in [2.45, 2.75) is 4.90 Å². The van der Waals surface area contributed by atoms with E-state index in [1.165, 1.54) is 0 Å². The number of ether oxygens (including phenoxy) is 1. The first-order valence-corrected chi connectivity index (χ1v) is 5.19. The summed E-state index contributed by atoms with van der Waals surface area (Å²) in [4.78, 5) is -2.14. The van der Waals surface area contributed by atoms with Crippen molar-refractivity contribution in [3.05, 3.63) is 23.3 Å². The molecular weight excluding hydrogens is 267 g/mol. The molecule has 0 atom stereocenters. The van der Waals surface area contributed by atoms with Crippen molar-refractivity contribution in [1.82, 2.24) is 0 Å². The predicted octanol–water partition coefficient (Wildman–Crippen LogP) is 0.797. The topological polar surface area (TPSA) is 63.6 Å². The molecule has 4 nitrogen and oxygen atoms in total. The zero-order chi connectivity index (χ0) is 13.4. The summed E-state index contributed by atoms with van der Waals surface area (Å²) in [7, 11) is -0.839. The van der Waals surface area contributed by atoms with Gasteiger partial charge in [-0.2, -0.15) is 0 Å². The van der Waals surface area contributed by atoms with Crippen molar-refractivity contribution in [1.29, 1.82) is 0 Å². The Morgan fingerprint density at radius 3 is 1.76 bits per heavy atom. The van der Waals surface area contributed by atoms with Gasteiger partial charge in [-0.1, -0.05) is 0 Å². The second-order valence-electron chi connectivity index (χ2n) is 2.64. The van der Waals surface area contributed by atoms with E-state index in [9.17, 15) is 26.0 Å². The van der Waals surface area contributed by atoms with E-state index in [1.807, 2.05) is 0 Å². The van der Waals surface area contributed by atoms with Crippen LogP contribution in [0.3, 0.4) is 0 Å². The van der Waals surface area contributed by atoms with Gasteiger partial charge in [-0.05, 0) is 0 Å². The third-order valence-corrected chi connectivity index (χ3v) is 2.50. The average molecular weight is 269 g/mol. The fourth-order valence-electron chi connectivity index (χ4n) is 0.989. The van der Waals surface area contributed by atoms with Crippen molar-refractivity contribution in [2.24, 2.45) is 0 Å². The second-order valence-corrected chi connectivity index (χ2v) is 4.00. The molecule has 0 aliphatic rings. The molecule has 0 amide bonds. The molecule has 10 heteroatoms. The molecule has 0 heterocycles. The van der Waals surface area contributed by atoms with Crippen molar-refractivity contribution in [2.75, 3.05) is 0 Å². The van der Waals surface area contributed by atoms with Gasteiger partial charge in [-0.3, -0.25) is 0 Å². The van der Waals surface area contributed by atoms with E-state index in [1.54, 1.807) is 0 Å². The average Bonchev–Trinajstić information content (AvgIpc) is 2.20. The van der Waals surface area contributed by atoms with Crippen LogP contribution in [0, 0.1) is 23.3 Å². The monoisotopic (exact) mass is 269 g/mol. The summed E-state index contributed by atoms with van der Waals surface area (Å²) in [6.07, 6.45) is 0.230. The van der Waals surface area contributed by atoms with Gasteiger partial charge in [0.25, 0.3) is 0 Å². The molecule has 17 heavy (non-hydrogen) atoms. The number of benzene rings is 1. The molecule has 0 fully saturated rings.